The van der Waals surface area contributed by atoms with E-state index in [-0.39, 0.29) is 17.3 Å². The van der Waals surface area contributed by atoms with Gasteiger partial charge in [-0.25, -0.2) is 8.42 Å². The molecular weight excluding hydrogens is 390 g/mol. The van der Waals surface area contributed by atoms with Crippen LogP contribution in [0.1, 0.15) is 11.1 Å². The largest absolute Gasteiger partial charge is 0.379 e. The van der Waals surface area contributed by atoms with Crippen LogP contribution in [0.3, 0.4) is 0 Å². The van der Waals surface area contributed by atoms with E-state index < -0.39 is 10.0 Å². The van der Waals surface area contributed by atoms with Crippen LogP contribution < -0.4 is 10.2 Å². The van der Waals surface area contributed by atoms with E-state index in [1.54, 1.807) is 18.2 Å². The minimum Gasteiger partial charge on any atom is -0.379 e. The molecule has 1 fully saturated rings. The third-order valence-corrected chi connectivity index (χ3v) is 6.80. The predicted molar refractivity (Wildman–Crippen MR) is 111 cm³/mol. The molecule has 0 bridgehead atoms. The second kappa shape index (κ2) is 9.49. The molecule has 29 heavy (non-hydrogen) atoms. The van der Waals surface area contributed by atoms with E-state index >= 15 is 0 Å². The normalized spacial score (nSPS) is 16.3. The molecule has 0 saturated carbocycles. The minimum absolute atomic E-state index is 0.151. The summed E-state index contributed by atoms with van der Waals surface area (Å²) in [4.78, 5) is 13.7. The smallest absolute Gasteiger partial charge is 0.279 e. The van der Waals surface area contributed by atoms with Crippen molar-refractivity contribution in [2.24, 2.45) is 0 Å². The van der Waals surface area contributed by atoms with Crippen molar-refractivity contribution in [3.8, 4) is 0 Å². The van der Waals surface area contributed by atoms with Gasteiger partial charge in [-0.2, -0.15) is 4.31 Å². The van der Waals surface area contributed by atoms with Gasteiger partial charge in [-0.3, -0.25) is 4.79 Å². The fourth-order valence-electron chi connectivity index (χ4n) is 3.31. The lowest BCUT2D eigenvalue weighted by molar-refractivity contribution is -0.885. The summed E-state index contributed by atoms with van der Waals surface area (Å²) in [5.74, 6) is -0.151. The van der Waals surface area contributed by atoms with Crippen LogP contribution in [0.25, 0.3) is 0 Å². The summed E-state index contributed by atoms with van der Waals surface area (Å²) in [5.41, 5.74) is 2.50. The number of hydrogen-bond acceptors (Lipinski definition) is 4. The third-order valence-electron chi connectivity index (χ3n) is 4.90. The number of likely N-dealkylation sites (N-methyl/N-ethyl adjacent to an activating group) is 1. The minimum atomic E-state index is -3.60. The number of benzene rings is 2. The standard InChI is InChI=1S/C21H27N3O4S/c1-17-8-9-19(29(26,27)24-10-12-28-13-11-24)14-20(17)22-21(25)16-23(2)15-18-6-4-3-5-7-18/h3-9,14H,10-13,15-16H2,1-2H3,(H,22,25)/p+1. The molecule has 1 unspecified atom stereocenters. The molecule has 1 saturated heterocycles. The van der Waals surface area contributed by atoms with E-state index in [0.717, 1.165) is 22.6 Å². The molecule has 1 heterocycles. The van der Waals surface area contributed by atoms with E-state index in [1.165, 1.54) is 4.31 Å². The van der Waals surface area contributed by atoms with Crippen molar-refractivity contribution in [3.63, 3.8) is 0 Å². The average molecular weight is 419 g/mol. The molecule has 156 valence electrons. The first-order valence-electron chi connectivity index (χ1n) is 9.70. The van der Waals surface area contributed by atoms with Crippen molar-refractivity contribution in [1.29, 1.82) is 0 Å². The number of rotatable bonds is 7. The van der Waals surface area contributed by atoms with Crippen LogP contribution in [0, 0.1) is 6.92 Å². The zero-order valence-electron chi connectivity index (χ0n) is 16.8. The van der Waals surface area contributed by atoms with Gasteiger partial charge in [-0.05, 0) is 24.6 Å². The maximum Gasteiger partial charge on any atom is 0.279 e. The third kappa shape index (κ3) is 5.63. The highest BCUT2D eigenvalue weighted by Crippen LogP contribution is 2.23. The number of ether oxygens (including phenoxy) is 1. The Bertz CT molecular complexity index is 942. The molecule has 2 aromatic rings. The van der Waals surface area contributed by atoms with Gasteiger partial charge < -0.3 is 15.0 Å². The van der Waals surface area contributed by atoms with E-state index in [4.69, 9.17) is 4.74 Å². The van der Waals surface area contributed by atoms with Crippen LogP contribution in [0.15, 0.2) is 53.4 Å². The highest BCUT2D eigenvalue weighted by molar-refractivity contribution is 7.89. The number of sulfonamides is 1. The van der Waals surface area contributed by atoms with Crippen molar-refractivity contribution < 1.29 is 22.8 Å². The number of morpholine rings is 1. The molecule has 1 atom stereocenters. The SMILES string of the molecule is Cc1ccc(S(=O)(=O)N2CCOCC2)cc1NC(=O)C[NH+](C)Cc1ccccc1. The Balaban J connectivity index is 1.67. The Labute approximate surface area is 172 Å². The number of hydrogen-bond donors (Lipinski definition) is 2. The summed E-state index contributed by atoms with van der Waals surface area (Å²) in [6, 6.07) is 14.8. The molecule has 7 nitrogen and oxygen atoms in total. The van der Waals surface area contributed by atoms with Crippen molar-refractivity contribution in [1.82, 2.24) is 4.31 Å². The lowest BCUT2D eigenvalue weighted by atomic mass is 10.2. The van der Waals surface area contributed by atoms with Gasteiger partial charge in [-0.1, -0.05) is 36.4 Å². The van der Waals surface area contributed by atoms with Gasteiger partial charge in [0, 0.05) is 24.3 Å². The fraction of sp³-hybridized carbons (Fsp3) is 0.381. The molecule has 0 spiro atoms. The molecular formula is C21H28N3O4S+. The van der Waals surface area contributed by atoms with Crippen molar-refractivity contribution in [2.45, 2.75) is 18.4 Å². The van der Waals surface area contributed by atoms with Crippen LogP contribution in [0.5, 0.6) is 0 Å². The highest BCUT2D eigenvalue weighted by atomic mass is 32.2. The molecule has 0 radical (unpaired) electrons. The summed E-state index contributed by atoms with van der Waals surface area (Å²) < 4.78 is 32.4. The van der Waals surface area contributed by atoms with Gasteiger partial charge >= 0.3 is 0 Å². The first-order valence-corrected chi connectivity index (χ1v) is 11.1. The second-order valence-corrected chi connectivity index (χ2v) is 9.28. The quantitative estimate of drug-likeness (QED) is 0.693. The Kier molecular flexibility index (Phi) is 7.02. The summed E-state index contributed by atoms with van der Waals surface area (Å²) in [6.45, 7) is 4.34. The molecule has 2 aromatic carbocycles. The second-order valence-electron chi connectivity index (χ2n) is 7.34. The molecule has 1 aliphatic heterocycles. The number of carbonyl (C=O) groups excluding carboxylic acids is 1. The maximum absolute atomic E-state index is 12.9. The zero-order chi connectivity index (χ0) is 20.9. The molecule has 3 rings (SSSR count). The number of amides is 1. The van der Waals surface area contributed by atoms with E-state index in [9.17, 15) is 13.2 Å². The molecule has 1 aliphatic rings. The Morgan fingerprint density at radius 2 is 1.83 bits per heavy atom. The number of anilines is 1. The number of nitrogens with one attached hydrogen (secondary N) is 2. The lowest BCUT2D eigenvalue weighted by Gasteiger charge is -2.26. The van der Waals surface area contributed by atoms with Crippen LogP contribution >= 0.6 is 0 Å². The number of carbonyl (C=O) groups is 1. The molecule has 1 amide bonds. The van der Waals surface area contributed by atoms with Crippen molar-refractivity contribution >= 4 is 21.6 Å². The fourth-order valence-corrected chi connectivity index (χ4v) is 4.74. The number of quaternary nitrogens is 1. The van der Waals surface area contributed by atoms with Gasteiger partial charge in [0.25, 0.3) is 5.91 Å². The summed E-state index contributed by atoms with van der Waals surface area (Å²) in [5, 5.41) is 2.87. The molecule has 8 heteroatoms. The van der Waals surface area contributed by atoms with Crippen LogP contribution in [-0.2, 0) is 26.1 Å². The molecule has 0 aliphatic carbocycles. The van der Waals surface area contributed by atoms with Gasteiger partial charge in [0.05, 0.1) is 25.2 Å². The van der Waals surface area contributed by atoms with Gasteiger partial charge in [0.1, 0.15) is 6.54 Å². The van der Waals surface area contributed by atoms with Gasteiger partial charge in [0.15, 0.2) is 6.54 Å². The van der Waals surface area contributed by atoms with Crippen molar-refractivity contribution in [2.75, 3.05) is 45.2 Å². The Hall–Kier alpha value is -2.26. The first kappa shape index (κ1) is 21.4. The van der Waals surface area contributed by atoms with E-state index in [0.29, 0.717) is 32.0 Å². The number of aryl methyl sites for hydroxylation is 1. The van der Waals surface area contributed by atoms with Crippen LogP contribution in [-0.4, -0.2) is 58.5 Å². The van der Waals surface area contributed by atoms with Crippen LogP contribution in [0.2, 0.25) is 0 Å². The topological polar surface area (TPSA) is 80.2 Å². The molecule has 0 aromatic heterocycles. The monoisotopic (exact) mass is 418 g/mol. The maximum atomic E-state index is 12.9. The predicted octanol–water partition coefficient (Wildman–Crippen LogP) is 0.669. The average Bonchev–Trinajstić information content (AvgIpc) is 2.70. The van der Waals surface area contributed by atoms with E-state index in [2.05, 4.69) is 5.32 Å². The highest BCUT2D eigenvalue weighted by Gasteiger charge is 2.27. The molecule has 2 N–H and O–H groups in total. The van der Waals surface area contributed by atoms with Gasteiger partial charge in [-0.15, -0.1) is 0 Å². The van der Waals surface area contributed by atoms with E-state index in [1.807, 2.05) is 44.3 Å². The van der Waals surface area contributed by atoms with Gasteiger partial charge in [0.2, 0.25) is 10.0 Å². The first-order chi connectivity index (χ1) is 13.9. The zero-order valence-corrected chi connectivity index (χ0v) is 17.7. The Morgan fingerprint density at radius 1 is 1.14 bits per heavy atom. The van der Waals surface area contributed by atoms with Crippen molar-refractivity contribution in [3.05, 3.63) is 59.7 Å². The summed E-state index contributed by atoms with van der Waals surface area (Å²) in [6.07, 6.45) is 0. The number of nitrogens with zero attached hydrogens (tertiary/aromatic N) is 1. The van der Waals surface area contributed by atoms with Crippen LogP contribution in [0.4, 0.5) is 5.69 Å². The lowest BCUT2D eigenvalue weighted by Crippen LogP contribution is -3.08. The summed E-state index contributed by atoms with van der Waals surface area (Å²) >= 11 is 0. The Morgan fingerprint density at radius 3 is 2.52 bits per heavy atom. The summed E-state index contributed by atoms with van der Waals surface area (Å²) in [7, 11) is -1.65.